The Morgan fingerprint density at radius 2 is 0.829 bits per heavy atom. The fourth-order valence-electron chi connectivity index (χ4n) is 24.2. The third-order valence-electron chi connectivity index (χ3n) is 27.9. The molecule has 3 N–H and O–H groups in total. The van der Waals surface area contributed by atoms with E-state index in [0.29, 0.717) is 70.5 Å². The molecule has 0 unspecified atom stereocenters. The van der Waals surface area contributed by atoms with Gasteiger partial charge in [0, 0.05) is 17.8 Å². The van der Waals surface area contributed by atoms with Crippen LogP contribution in [-0.2, 0) is 27.5 Å². The van der Waals surface area contributed by atoms with Crippen LogP contribution in [0.4, 0.5) is 0 Å². The summed E-state index contributed by atoms with van der Waals surface area (Å²) in [6, 6.07) is 0. The van der Waals surface area contributed by atoms with Crippen molar-refractivity contribution in [1.82, 2.24) is 40.4 Å². The summed E-state index contributed by atoms with van der Waals surface area (Å²) in [6.45, 7) is 17.6. The van der Waals surface area contributed by atoms with Crippen LogP contribution in [0, 0.1) is 137 Å². The zero-order chi connectivity index (χ0) is 57.9. The maximum atomic E-state index is 13.2. The van der Waals surface area contributed by atoms with Gasteiger partial charge in [-0.3, -0.25) is 14.4 Å². The van der Waals surface area contributed by atoms with E-state index in [1.165, 1.54) is 120 Å². The van der Waals surface area contributed by atoms with Crippen molar-refractivity contribution >= 4 is 33.3 Å². The van der Waals surface area contributed by atoms with Crippen molar-refractivity contribution in [2.45, 2.75) is 259 Å². The number of nitrogens with zero attached hydrogens (tertiary/aromatic N) is 8. The molecule has 12 aliphatic rings. The Morgan fingerprint density at radius 1 is 0.451 bits per heavy atom. The van der Waals surface area contributed by atoms with E-state index in [9.17, 15) is 29.7 Å². The van der Waals surface area contributed by atoms with Crippen molar-refractivity contribution < 1.29 is 29.7 Å². The summed E-state index contributed by atoms with van der Waals surface area (Å²) in [5.41, 5.74) is -0.767. The molecule has 14 rings (SSSR count). The lowest BCUT2D eigenvalue weighted by Crippen LogP contribution is -2.51. The molecule has 12 fully saturated rings. The second kappa shape index (κ2) is 22.6. The van der Waals surface area contributed by atoms with Crippen LogP contribution >= 0.6 is 15.9 Å². The first-order valence-corrected chi connectivity index (χ1v) is 34.8. The second-order valence-corrected chi connectivity index (χ2v) is 32.9. The quantitative estimate of drug-likeness (QED) is 0.212. The summed E-state index contributed by atoms with van der Waals surface area (Å²) in [4.78, 5) is 40.4. The first kappa shape index (κ1) is 59.8. The Labute approximate surface area is 499 Å². The third-order valence-corrected chi connectivity index (χ3v) is 28.4. The van der Waals surface area contributed by atoms with Gasteiger partial charge in [0.25, 0.3) is 0 Å². The van der Waals surface area contributed by atoms with Crippen molar-refractivity contribution in [3.63, 3.8) is 0 Å². The maximum Gasteiger partial charge on any atom is 0.171 e. The van der Waals surface area contributed by atoms with E-state index >= 15 is 0 Å². The molecule has 0 spiro atoms. The molecule has 0 aromatic carbocycles. The normalized spacial score (nSPS) is 48.7. The van der Waals surface area contributed by atoms with Gasteiger partial charge in [-0.25, -0.2) is 4.68 Å². The monoisotopic (exact) mass is 1200 g/mol. The molecular formula is C67H105BrN8O6. The van der Waals surface area contributed by atoms with E-state index in [-0.39, 0.29) is 34.6 Å². The van der Waals surface area contributed by atoms with Crippen molar-refractivity contribution in [3.05, 3.63) is 11.6 Å². The number of ketones is 3. The fourth-order valence-corrected chi connectivity index (χ4v) is 24.6. The molecule has 12 saturated carbocycles. The van der Waals surface area contributed by atoms with Gasteiger partial charge in [0.2, 0.25) is 0 Å². The van der Waals surface area contributed by atoms with Crippen LogP contribution in [0.5, 0.6) is 0 Å². The summed E-state index contributed by atoms with van der Waals surface area (Å²) in [5, 5.41) is 55.9. The van der Waals surface area contributed by atoms with Crippen LogP contribution in [0.3, 0.4) is 0 Å². The lowest BCUT2D eigenvalue weighted by molar-refractivity contribution is -0.133. The molecule has 15 heteroatoms. The molecular weight excluding hydrogens is 1090 g/mol. The smallest absolute Gasteiger partial charge is 0.171 e. The minimum absolute atomic E-state index is 0.140. The molecule has 0 bridgehead atoms. The van der Waals surface area contributed by atoms with Gasteiger partial charge in [0.1, 0.15) is 24.7 Å². The highest BCUT2D eigenvalue weighted by Crippen LogP contribution is 2.68. The summed E-state index contributed by atoms with van der Waals surface area (Å²) < 4.78 is 1.66. The first-order chi connectivity index (χ1) is 38.9. The molecule has 456 valence electrons. The average molecular weight is 1200 g/mol. The summed E-state index contributed by atoms with van der Waals surface area (Å²) >= 11 is 3.42. The largest absolute Gasteiger partial charge is 0.390 e. The van der Waals surface area contributed by atoms with Crippen LogP contribution in [0.2, 0.25) is 0 Å². The number of hydrogen-bond donors (Lipinski definition) is 3. The summed E-state index contributed by atoms with van der Waals surface area (Å²) in [7, 11) is 0. The molecule has 2 heterocycles. The molecule has 2 aromatic rings. The summed E-state index contributed by atoms with van der Waals surface area (Å²) in [5.74, 6) is 14.7. The standard InChI is InChI=1S/2C23H36N4O2.C21H33BrO2/c1-14-24-25-26-27(14)13-21(28)20-7-6-19-18-5-4-15-12-22(2,29)10-8-16(15)17(18)9-11-23(19,20)3;1-14-24-26-27(25-14)13-21(28)20-7-6-19-18-5-4-15-12-22(2,29)10-8-16(15)17(18)9-11-23(19,20)3;1-20(24)9-7-14-13(11-20)3-4-16-15(14)8-10-21(2)17(16)5-6-18(21)19(23)12-22/h2*15-20,29H,4-13H2,1-3H3;13-18,24H,3-12H2,1-2H3/t2*15-,16+,17-,18-,19+,20-,22-,23+;13-,14+,15-,16-,17+,18-,20-,21+/m111/s1. The Bertz CT molecular complexity index is 2650. The Hall–Kier alpha value is -2.49. The number of aliphatic hydroxyl groups is 3. The van der Waals surface area contributed by atoms with Gasteiger partial charge in [-0.2, -0.15) is 4.80 Å². The third kappa shape index (κ3) is 11.0. The van der Waals surface area contributed by atoms with E-state index in [4.69, 9.17) is 0 Å². The number of rotatable bonds is 8. The molecule has 0 amide bonds. The van der Waals surface area contributed by atoms with E-state index in [1.54, 1.807) is 4.68 Å². The van der Waals surface area contributed by atoms with Crippen molar-refractivity contribution in [3.8, 4) is 0 Å². The number of aryl methyl sites for hydroxylation is 2. The Morgan fingerprint density at radius 3 is 1.18 bits per heavy atom. The van der Waals surface area contributed by atoms with Gasteiger partial charge in [-0.05, 0) is 329 Å². The topological polar surface area (TPSA) is 199 Å². The number of Topliss-reactive ketones (excluding diaryl/α,β-unsaturated/α-hetero) is 3. The van der Waals surface area contributed by atoms with Gasteiger partial charge >= 0.3 is 0 Å². The highest BCUT2D eigenvalue weighted by molar-refractivity contribution is 9.09. The number of alkyl halides is 1. The molecule has 12 aliphatic carbocycles. The lowest BCUT2D eigenvalue weighted by atomic mass is 9.49. The highest BCUT2D eigenvalue weighted by Gasteiger charge is 2.62. The predicted octanol–water partition coefficient (Wildman–Crippen LogP) is 12.1. The van der Waals surface area contributed by atoms with Crippen LogP contribution in [0.25, 0.3) is 0 Å². The van der Waals surface area contributed by atoms with Crippen molar-refractivity contribution in [1.29, 1.82) is 0 Å². The van der Waals surface area contributed by atoms with E-state index in [2.05, 4.69) is 67.6 Å². The predicted molar refractivity (Wildman–Crippen MR) is 318 cm³/mol. The number of carbonyl (C=O) groups is 3. The zero-order valence-corrected chi connectivity index (χ0v) is 53.2. The molecule has 0 aliphatic heterocycles. The van der Waals surface area contributed by atoms with Crippen LogP contribution < -0.4 is 0 Å². The highest BCUT2D eigenvalue weighted by atomic mass is 79.9. The molecule has 24 atom stereocenters. The van der Waals surface area contributed by atoms with E-state index < -0.39 is 16.8 Å². The number of tetrazole rings is 2. The lowest BCUT2D eigenvalue weighted by Gasteiger charge is -2.56. The van der Waals surface area contributed by atoms with Gasteiger partial charge in [0.15, 0.2) is 17.4 Å². The van der Waals surface area contributed by atoms with Crippen LogP contribution in [-0.4, -0.2) is 95.2 Å². The van der Waals surface area contributed by atoms with E-state index in [0.717, 1.165) is 123 Å². The Balaban J connectivity index is 0.000000122. The number of halogens is 1. The van der Waals surface area contributed by atoms with Crippen molar-refractivity contribution in [2.75, 3.05) is 5.33 Å². The first-order valence-electron chi connectivity index (χ1n) is 33.7. The second-order valence-electron chi connectivity index (χ2n) is 32.3. The van der Waals surface area contributed by atoms with Gasteiger partial charge < -0.3 is 15.3 Å². The van der Waals surface area contributed by atoms with Gasteiger partial charge in [-0.1, -0.05) is 36.7 Å². The van der Waals surface area contributed by atoms with Gasteiger partial charge in [-0.15, -0.1) is 15.3 Å². The van der Waals surface area contributed by atoms with Crippen molar-refractivity contribution in [2.24, 2.45) is 123 Å². The molecule has 0 radical (unpaired) electrons. The summed E-state index contributed by atoms with van der Waals surface area (Å²) in [6.07, 6.45) is 31.7. The number of fused-ring (bicyclic) bond motifs is 15. The minimum atomic E-state index is -0.449. The average Bonchev–Trinajstić information content (AvgIpc) is 2.28. The number of hydrogen-bond acceptors (Lipinski definition) is 12. The van der Waals surface area contributed by atoms with Crippen LogP contribution in [0.1, 0.15) is 227 Å². The van der Waals surface area contributed by atoms with E-state index in [1.807, 2.05) is 34.6 Å². The fraction of sp³-hybridized carbons (Fsp3) is 0.925. The number of carbonyl (C=O) groups excluding carboxylic acids is 3. The SMILES string of the molecule is C[C@@]1(O)CC[C@H]2[C@H](CC[C@@H]3[C@@H]2CC[C@]2(C)[C@@H](C(=O)CBr)CC[C@@H]32)C1.Cc1nnn(CC(=O)[C@H]2CC[C@H]3[C@@H]4CC[C@@H]5C[C@](C)(O)CC[C@@H]5[C@H]4CC[C@]23C)n1.Cc1nnnn1CC(=O)[C@H]1CC[C@H]2[C@@H]3CC[C@@H]4C[C@](C)(O)CC[C@@H]4[C@H]3CC[C@]12C. The molecule has 0 saturated heterocycles. The van der Waals surface area contributed by atoms with Crippen LogP contribution in [0.15, 0.2) is 0 Å². The maximum absolute atomic E-state index is 13.2. The molecule has 82 heavy (non-hydrogen) atoms. The molecule has 2 aromatic heterocycles. The Kier molecular flexibility index (Phi) is 16.5. The molecule has 14 nitrogen and oxygen atoms in total. The minimum Gasteiger partial charge on any atom is -0.390 e. The van der Waals surface area contributed by atoms with Gasteiger partial charge in [0.05, 0.1) is 22.1 Å². The zero-order valence-electron chi connectivity index (χ0n) is 51.6. The number of aromatic nitrogens is 8.